The highest BCUT2D eigenvalue weighted by Crippen LogP contribution is 2.36. The first kappa shape index (κ1) is 25.2. The van der Waals surface area contributed by atoms with Gasteiger partial charge in [0.2, 0.25) is 0 Å². The molecular weight excluding hydrogens is 481 g/mol. The molecule has 0 bridgehead atoms. The fraction of sp³-hybridized carbons (Fsp3) is 0.357. The van der Waals surface area contributed by atoms with E-state index in [9.17, 15) is 18.0 Å². The van der Waals surface area contributed by atoms with E-state index in [1.165, 1.54) is 0 Å². The van der Waals surface area contributed by atoms with Crippen LogP contribution in [0.3, 0.4) is 0 Å². The lowest BCUT2D eigenvalue weighted by Gasteiger charge is -2.32. The SMILES string of the molecule is O=C(NC1CCN(CCO)CC1)c1cccc2c1CCN2c1cc(Cc2cc(F)c(F)c(F)c2)ccn1. The van der Waals surface area contributed by atoms with Crippen LogP contribution in [0.5, 0.6) is 0 Å². The molecule has 1 amide bonds. The number of amides is 1. The summed E-state index contributed by atoms with van der Waals surface area (Å²) in [5, 5.41) is 12.3. The molecule has 0 atom stereocenters. The first-order valence-corrected chi connectivity index (χ1v) is 12.5. The van der Waals surface area contributed by atoms with Crippen molar-refractivity contribution >= 4 is 17.4 Å². The number of aliphatic hydroxyl groups excluding tert-OH is 1. The Morgan fingerprint density at radius 3 is 2.51 bits per heavy atom. The number of benzene rings is 2. The molecule has 2 aliphatic heterocycles. The number of nitrogens with zero attached hydrogens (tertiary/aromatic N) is 3. The van der Waals surface area contributed by atoms with E-state index in [2.05, 4.69) is 15.2 Å². The van der Waals surface area contributed by atoms with Gasteiger partial charge in [-0.25, -0.2) is 18.2 Å². The van der Waals surface area contributed by atoms with Gasteiger partial charge in [-0.3, -0.25) is 4.79 Å². The Balaban J connectivity index is 1.30. The molecule has 1 fully saturated rings. The van der Waals surface area contributed by atoms with Gasteiger partial charge in [0, 0.05) is 49.7 Å². The van der Waals surface area contributed by atoms with Gasteiger partial charge < -0.3 is 20.2 Å². The average molecular weight is 511 g/mol. The van der Waals surface area contributed by atoms with Crippen molar-refractivity contribution < 1.29 is 23.1 Å². The van der Waals surface area contributed by atoms with E-state index in [1.54, 1.807) is 12.3 Å². The molecule has 0 saturated carbocycles. The zero-order valence-electron chi connectivity index (χ0n) is 20.4. The third-order valence-corrected chi connectivity index (χ3v) is 7.15. The highest BCUT2D eigenvalue weighted by atomic mass is 19.2. The van der Waals surface area contributed by atoms with Gasteiger partial charge in [-0.2, -0.15) is 0 Å². The number of rotatable bonds is 7. The van der Waals surface area contributed by atoms with E-state index in [0.717, 1.165) is 54.9 Å². The van der Waals surface area contributed by atoms with Gasteiger partial charge in [0.05, 0.1) is 6.61 Å². The van der Waals surface area contributed by atoms with Crippen molar-refractivity contribution in [2.45, 2.75) is 31.7 Å². The van der Waals surface area contributed by atoms with Crippen molar-refractivity contribution in [3.63, 3.8) is 0 Å². The minimum atomic E-state index is -1.47. The molecule has 5 rings (SSSR count). The topological polar surface area (TPSA) is 68.7 Å². The van der Waals surface area contributed by atoms with Crippen LogP contribution in [0.2, 0.25) is 0 Å². The fourth-order valence-corrected chi connectivity index (χ4v) is 5.25. The molecule has 2 aliphatic rings. The van der Waals surface area contributed by atoms with E-state index >= 15 is 0 Å². The summed E-state index contributed by atoms with van der Waals surface area (Å²) in [6.07, 6.45) is 4.26. The number of hydrogen-bond donors (Lipinski definition) is 2. The Morgan fingerprint density at radius 2 is 1.78 bits per heavy atom. The third-order valence-electron chi connectivity index (χ3n) is 7.15. The standard InChI is InChI=1S/C28H29F3N4O2/c29-23-15-19(16-24(30)27(23)31)14-18-4-8-32-26(17-18)35-11-7-21-22(2-1-3-25(21)35)28(37)33-20-5-9-34(10-6-20)12-13-36/h1-4,8,15-17,20,36H,5-7,9-14H2,(H,33,37). The van der Waals surface area contributed by atoms with E-state index in [-0.39, 0.29) is 25.0 Å². The maximum Gasteiger partial charge on any atom is 0.251 e. The van der Waals surface area contributed by atoms with Gasteiger partial charge in [0.1, 0.15) is 5.82 Å². The van der Waals surface area contributed by atoms with E-state index < -0.39 is 17.5 Å². The minimum absolute atomic E-state index is 0.0821. The number of carbonyl (C=O) groups is 1. The molecule has 2 N–H and O–H groups in total. The second kappa shape index (κ2) is 10.9. The highest BCUT2D eigenvalue weighted by molar-refractivity contribution is 5.98. The van der Waals surface area contributed by atoms with Crippen LogP contribution < -0.4 is 10.2 Å². The number of aliphatic hydroxyl groups is 1. The summed E-state index contributed by atoms with van der Waals surface area (Å²) in [4.78, 5) is 21.9. The van der Waals surface area contributed by atoms with Crippen LogP contribution in [0.4, 0.5) is 24.7 Å². The maximum absolute atomic E-state index is 13.7. The predicted octanol–water partition coefficient (Wildman–Crippen LogP) is 3.97. The molecule has 0 radical (unpaired) electrons. The quantitative estimate of drug-likeness (QED) is 0.471. The van der Waals surface area contributed by atoms with Crippen molar-refractivity contribution in [3.8, 4) is 0 Å². The number of aromatic nitrogens is 1. The van der Waals surface area contributed by atoms with Crippen molar-refractivity contribution in [2.75, 3.05) is 37.7 Å². The zero-order valence-corrected chi connectivity index (χ0v) is 20.4. The Hall–Kier alpha value is -3.43. The Bertz CT molecular complexity index is 1270. The number of likely N-dealkylation sites (tertiary alicyclic amines) is 1. The third kappa shape index (κ3) is 5.47. The molecule has 0 spiro atoms. The van der Waals surface area contributed by atoms with Crippen LogP contribution in [-0.4, -0.2) is 59.7 Å². The molecule has 194 valence electrons. The second-order valence-corrected chi connectivity index (χ2v) is 9.59. The minimum Gasteiger partial charge on any atom is -0.395 e. The number of nitrogens with one attached hydrogen (secondary N) is 1. The molecule has 6 nitrogen and oxygen atoms in total. The van der Waals surface area contributed by atoms with Crippen molar-refractivity contribution in [2.24, 2.45) is 0 Å². The largest absolute Gasteiger partial charge is 0.395 e. The lowest BCUT2D eigenvalue weighted by atomic mass is 10.0. The molecule has 0 aliphatic carbocycles. The number of hydrogen-bond acceptors (Lipinski definition) is 5. The molecule has 1 saturated heterocycles. The van der Waals surface area contributed by atoms with Gasteiger partial charge in [-0.1, -0.05) is 6.07 Å². The molecule has 9 heteroatoms. The Labute approximate surface area is 213 Å². The van der Waals surface area contributed by atoms with Crippen molar-refractivity contribution in [3.05, 3.63) is 88.4 Å². The van der Waals surface area contributed by atoms with Crippen LogP contribution in [0, 0.1) is 17.5 Å². The Kier molecular flexibility index (Phi) is 7.43. The van der Waals surface area contributed by atoms with Gasteiger partial charge in [-0.15, -0.1) is 0 Å². The van der Waals surface area contributed by atoms with E-state index in [0.29, 0.717) is 36.5 Å². The van der Waals surface area contributed by atoms with Gasteiger partial charge in [-0.05, 0) is 78.8 Å². The monoisotopic (exact) mass is 510 g/mol. The molecule has 37 heavy (non-hydrogen) atoms. The van der Waals surface area contributed by atoms with E-state index in [4.69, 9.17) is 5.11 Å². The number of β-amino-alcohol motifs (C(OH)–C–C–N with tert-alkyl or cyclic N) is 1. The lowest BCUT2D eigenvalue weighted by molar-refractivity contribution is 0.0902. The maximum atomic E-state index is 13.7. The number of fused-ring (bicyclic) bond motifs is 1. The summed E-state index contributed by atoms with van der Waals surface area (Å²) in [5.74, 6) is -3.30. The first-order chi connectivity index (χ1) is 17.9. The first-order valence-electron chi connectivity index (χ1n) is 12.5. The number of pyridine rings is 1. The van der Waals surface area contributed by atoms with Crippen molar-refractivity contribution in [1.82, 2.24) is 15.2 Å². The van der Waals surface area contributed by atoms with E-state index in [1.807, 2.05) is 29.2 Å². The predicted molar refractivity (Wildman–Crippen MR) is 135 cm³/mol. The zero-order chi connectivity index (χ0) is 25.9. The van der Waals surface area contributed by atoms with Crippen LogP contribution in [0.1, 0.15) is 39.9 Å². The molecule has 1 aromatic heterocycles. The molecule has 0 unspecified atom stereocenters. The summed E-state index contributed by atoms with van der Waals surface area (Å²) >= 11 is 0. The molecule has 3 aromatic rings. The van der Waals surface area contributed by atoms with Crippen LogP contribution in [-0.2, 0) is 12.8 Å². The fourth-order valence-electron chi connectivity index (χ4n) is 5.25. The smallest absolute Gasteiger partial charge is 0.251 e. The molecule has 3 heterocycles. The molecule has 2 aromatic carbocycles. The number of anilines is 2. The van der Waals surface area contributed by atoms with Crippen LogP contribution in [0.25, 0.3) is 0 Å². The summed E-state index contributed by atoms with van der Waals surface area (Å²) in [7, 11) is 0. The number of piperidine rings is 1. The van der Waals surface area contributed by atoms with Crippen molar-refractivity contribution in [1.29, 1.82) is 0 Å². The molecular formula is C28H29F3N4O2. The van der Waals surface area contributed by atoms with Crippen LogP contribution in [0.15, 0.2) is 48.7 Å². The summed E-state index contributed by atoms with van der Waals surface area (Å²) in [5.41, 5.74) is 3.65. The second-order valence-electron chi connectivity index (χ2n) is 9.59. The summed E-state index contributed by atoms with van der Waals surface area (Å²) in [6, 6.07) is 11.4. The summed E-state index contributed by atoms with van der Waals surface area (Å²) < 4.78 is 40.6. The van der Waals surface area contributed by atoms with Crippen LogP contribution >= 0.6 is 0 Å². The van der Waals surface area contributed by atoms with Gasteiger partial charge in [0.25, 0.3) is 5.91 Å². The average Bonchev–Trinajstić information content (AvgIpc) is 3.33. The van der Waals surface area contributed by atoms with Gasteiger partial charge in [0.15, 0.2) is 17.5 Å². The summed E-state index contributed by atoms with van der Waals surface area (Å²) in [6.45, 7) is 3.16. The lowest BCUT2D eigenvalue weighted by Crippen LogP contribution is -2.45. The Morgan fingerprint density at radius 1 is 1.03 bits per heavy atom. The van der Waals surface area contributed by atoms with Gasteiger partial charge >= 0.3 is 0 Å². The number of halogens is 3. The number of carbonyl (C=O) groups excluding carboxylic acids is 1. The highest BCUT2D eigenvalue weighted by Gasteiger charge is 2.28. The normalized spacial score (nSPS) is 16.2.